The molecule has 2 nitrogen and oxygen atoms in total. The highest BCUT2D eigenvalue weighted by Gasteiger charge is 2.38. The molecule has 0 heterocycles. The van der Waals surface area contributed by atoms with Gasteiger partial charge in [-0.05, 0) is 43.1 Å². The SMILES string of the molecule is CCOc1ccccc1CNC1CC(C)(C)CC(C)(C)C1. The number of nitrogens with one attached hydrogen (secondary N) is 1. The van der Waals surface area contributed by atoms with Crippen molar-refractivity contribution in [3.8, 4) is 5.75 Å². The molecule has 118 valence electrons. The van der Waals surface area contributed by atoms with Gasteiger partial charge in [-0.3, -0.25) is 0 Å². The van der Waals surface area contributed by atoms with Crippen molar-refractivity contribution in [3.05, 3.63) is 29.8 Å². The predicted octanol–water partition coefficient (Wildman–Crippen LogP) is 4.78. The Morgan fingerprint density at radius 1 is 1.10 bits per heavy atom. The van der Waals surface area contributed by atoms with Crippen LogP contribution in [0.5, 0.6) is 5.75 Å². The first kappa shape index (κ1) is 16.4. The Hall–Kier alpha value is -1.02. The minimum Gasteiger partial charge on any atom is -0.494 e. The Balaban J connectivity index is 1.99. The molecule has 1 aromatic carbocycles. The normalized spacial score (nSPS) is 21.2. The number of benzene rings is 1. The van der Waals surface area contributed by atoms with Crippen LogP contribution in [-0.4, -0.2) is 12.6 Å². The molecule has 0 radical (unpaired) electrons. The third-order valence-corrected chi connectivity index (χ3v) is 4.41. The van der Waals surface area contributed by atoms with Crippen LogP contribution in [0.25, 0.3) is 0 Å². The van der Waals surface area contributed by atoms with E-state index in [0.717, 1.165) is 18.9 Å². The van der Waals surface area contributed by atoms with Crippen LogP contribution in [0.1, 0.15) is 59.4 Å². The molecule has 0 aliphatic heterocycles. The zero-order chi connectivity index (χ0) is 15.5. The molecular weight excluding hydrogens is 258 g/mol. The van der Waals surface area contributed by atoms with E-state index in [0.29, 0.717) is 16.9 Å². The van der Waals surface area contributed by atoms with E-state index in [9.17, 15) is 0 Å². The molecule has 0 saturated heterocycles. The van der Waals surface area contributed by atoms with Crippen molar-refractivity contribution in [3.63, 3.8) is 0 Å². The molecule has 0 unspecified atom stereocenters. The standard InChI is InChI=1S/C19H31NO/c1-6-21-17-10-8-7-9-15(17)13-20-16-11-18(2,3)14-19(4,5)12-16/h7-10,16,20H,6,11-14H2,1-5H3. The van der Waals surface area contributed by atoms with Gasteiger partial charge in [-0.1, -0.05) is 45.9 Å². The molecule has 0 bridgehead atoms. The molecule has 21 heavy (non-hydrogen) atoms. The lowest BCUT2D eigenvalue weighted by molar-refractivity contribution is 0.0844. The number of hydrogen-bond acceptors (Lipinski definition) is 2. The fourth-order valence-electron chi connectivity index (χ4n) is 4.19. The maximum absolute atomic E-state index is 5.72. The van der Waals surface area contributed by atoms with Crippen LogP contribution in [0.15, 0.2) is 24.3 Å². The number of para-hydroxylation sites is 1. The van der Waals surface area contributed by atoms with Crippen LogP contribution >= 0.6 is 0 Å². The molecule has 1 N–H and O–H groups in total. The molecule has 1 aromatic rings. The van der Waals surface area contributed by atoms with Crippen molar-refractivity contribution in [2.24, 2.45) is 10.8 Å². The van der Waals surface area contributed by atoms with Crippen LogP contribution in [0.3, 0.4) is 0 Å². The molecule has 0 aromatic heterocycles. The lowest BCUT2D eigenvalue weighted by atomic mass is 9.63. The Morgan fingerprint density at radius 2 is 1.71 bits per heavy atom. The van der Waals surface area contributed by atoms with Crippen LogP contribution in [0.2, 0.25) is 0 Å². The van der Waals surface area contributed by atoms with Crippen LogP contribution in [0, 0.1) is 10.8 Å². The molecule has 1 aliphatic rings. The minimum atomic E-state index is 0.429. The molecule has 0 spiro atoms. The minimum absolute atomic E-state index is 0.429. The van der Waals surface area contributed by atoms with Crippen molar-refractivity contribution >= 4 is 0 Å². The third kappa shape index (κ3) is 4.74. The molecular formula is C19H31NO. The summed E-state index contributed by atoms with van der Waals surface area (Å²) >= 11 is 0. The van der Waals surface area contributed by atoms with E-state index in [4.69, 9.17) is 4.74 Å². The van der Waals surface area contributed by atoms with E-state index >= 15 is 0 Å². The molecule has 0 atom stereocenters. The van der Waals surface area contributed by atoms with Gasteiger partial charge in [0.05, 0.1) is 6.61 Å². The smallest absolute Gasteiger partial charge is 0.123 e. The summed E-state index contributed by atoms with van der Waals surface area (Å²) in [5, 5.41) is 3.77. The first-order valence-corrected chi connectivity index (χ1v) is 8.25. The Bertz CT molecular complexity index is 448. The predicted molar refractivity (Wildman–Crippen MR) is 89.7 cm³/mol. The summed E-state index contributed by atoms with van der Waals surface area (Å²) in [5.41, 5.74) is 2.12. The highest BCUT2D eigenvalue weighted by Crippen LogP contribution is 2.45. The molecule has 2 rings (SSSR count). The second-order valence-corrected chi connectivity index (χ2v) is 8.03. The maximum atomic E-state index is 5.72. The summed E-state index contributed by atoms with van der Waals surface area (Å²) < 4.78 is 5.72. The first-order valence-electron chi connectivity index (χ1n) is 8.25. The molecule has 1 fully saturated rings. The first-order chi connectivity index (χ1) is 9.81. The van der Waals surface area contributed by atoms with Crippen molar-refractivity contribution in [2.75, 3.05) is 6.61 Å². The van der Waals surface area contributed by atoms with E-state index in [1.165, 1.54) is 24.8 Å². The number of rotatable bonds is 5. The summed E-state index contributed by atoms with van der Waals surface area (Å²) in [4.78, 5) is 0. The Kier molecular flexibility index (Phi) is 4.98. The summed E-state index contributed by atoms with van der Waals surface area (Å²) in [5.74, 6) is 1.02. The lowest BCUT2D eigenvalue weighted by Crippen LogP contribution is -2.43. The van der Waals surface area contributed by atoms with Gasteiger partial charge in [-0.15, -0.1) is 0 Å². The zero-order valence-corrected chi connectivity index (χ0v) is 14.3. The monoisotopic (exact) mass is 289 g/mol. The molecule has 0 amide bonds. The van der Waals surface area contributed by atoms with Gasteiger partial charge in [-0.25, -0.2) is 0 Å². The summed E-state index contributed by atoms with van der Waals surface area (Å²) in [6.45, 7) is 13.3. The number of hydrogen-bond donors (Lipinski definition) is 1. The van der Waals surface area contributed by atoms with Gasteiger partial charge < -0.3 is 10.1 Å². The lowest BCUT2D eigenvalue weighted by Gasteiger charge is -2.45. The average molecular weight is 289 g/mol. The van der Waals surface area contributed by atoms with Crippen LogP contribution < -0.4 is 10.1 Å². The third-order valence-electron chi connectivity index (χ3n) is 4.41. The van der Waals surface area contributed by atoms with Gasteiger partial charge >= 0.3 is 0 Å². The number of ether oxygens (including phenoxy) is 1. The van der Waals surface area contributed by atoms with Gasteiger partial charge in [0.15, 0.2) is 0 Å². The second-order valence-electron chi connectivity index (χ2n) is 8.03. The fraction of sp³-hybridized carbons (Fsp3) is 0.684. The molecule has 2 heteroatoms. The zero-order valence-electron chi connectivity index (χ0n) is 14.3. The van der Waals surface area contributed by atoms with E-state index in [-0.39, 0.29) is 0 Å². The molecule has 1 saturated carbocycles. The van der Waals surface area contributed by atoms with Crippen molar-refractivity contribution in [1.82, 2.24) is 5.32 Å². The van der Waals surface area contributed by atoms with Crippen molar-refractivity contribution in [2.45, 2.75) is 66.5 Å². The Labute approximate surface area is 130 Å². The fourth-order valence-corrected chi connectivity index (χ4v) is 4.19. The molecule has 1 aliphatic carbocycles. The van der Waals surface area contributed by atoms with Crippen molar-refractivity contribution < 1.29 is 4.74 Å². The van der Waals surface area contributed by atoms with Crippen LogP contribution in [-0.2, 0) is 6.54 Å². The Morgan fingerprint density at radius 3 is 2.33 bits per heavy atom. The van der Waals surface area contributed by atoms with Gasteiger partial charge in [-0.2, -0.15) is 0 Å². The highest BCUT2D eigenvalue weighted by atomic mass is 16.5. The van der Waals surface area contributed by atoms with Gasteiger partial charge in [0.25, 0.3) is 0 Å². The van der Waals surface area contributed by atoms with Gasteiger partial charge in [0.1, 0.15) is 5.75 Å². The van der Waals surface area contributed by atoms with E-state index in [2.05, 4.69) is 51.2 Å². The van der Waals surface area contributed by atoms with Gasteiger partial charge in [0, 0.05) is 18.2 Å². The highest BCUT2D eigenvalue weighted by molar-refractivity contribution is 5.33. The largest absolute Gasteiger partial charge is 0.494 e. The second kappa shape index (κ2) is 6.39. The summed E-state index contributed by atoms with van der Waals surface area (Å²) in [6.07, 6.45) is 3.83. The van der Waals surface area contributed by atoms with Crippen molar-refractivity contribution in [1.29, 1.82) is 0 Å². The van der Waals surface area contributed by atoms with Gasteiger partial charge in [0.2, 0.25) is 0 Å². The topological polar surface area (TPSA) is 21.3 Å². The van der Waals surface area contributed by atoms with E-state index < -0.39 is 0 Å². The average Bonchev–Trinajstić information content (AvgIpc) is 2.34. The maximum Gasteiger partial charge on any atom is 0.123 e. The van der Waals surface area contributed by atoms with Crippen LogP contribution in [0.4, 0.5) is 0 Å². The summed E-state index contributed by atoms with van der Waals surface area (Å²) in [6, 6.07) is 8.96. The quantitative estimate of drug-likeness (QED) is 0.842. The van der Waals surface area contributed by atoms with E-state index in [1.807, 2.05) is 13.0 Å². The van der Waals surface area contributed by atoms with E-state index in [1.54, 1.807) is 0 Å². The summed E-state index contributed by atoms with van der Waals surface area (Å²) in [7, 11) is 0.